The number of nitrogens with zero attached hydrogens (tertiary/aromatic N) is 1. The topological polar surface area (TPSA) is 124 Å². The number of carbonyl (C=O) groups is 4. The molecule has 2 amide bonds. The molecule has 2 unspecified atom stereocenters. The van der Waals surface area contributed by atoms with Gasteiger partial charge in [0.15, 0.2) is 0 Å². The number of amides is 2. The van der Waals surface area contributed by atoms with Crippen LogP contribution in [0.5, 0.6) is 0 Å². The van der Waals surface area contributed by atoms with Crippen molar-refractivity contribution in [3.8, 4) is 0 Å². The molecule has 0 aliphatic carbocycles. The minimum Gasteiger partial charge on any atom is -0.481 e. The Kier molecular flexibility index (Phi) is 9.23. The van der Waals surface area contributed by atoms with Crippen molar-refractivity contribution in [3.63, 3.8) is 0 Å². The minimum absolute atomic E-state index is 0.126. The van der Waals surface area contributed by atoms with E-state index in [2.05, 4.69) is 5.32 Å². The Bertz CT molecular complexity index is 1050. The molecule has 3 N–H and O–H groups in total. The molecular weight excluding hydrogens is 450 g/mol. The largest absolute Gasteiger partial charge is 0.481 e. The van der Waals surface area contributed by atoms with E-state index in [0.717, 1.165) is 23.3 Å². The van der Waals surface area contributed by atoms with Crippen molar-refractivity contribution in [1.29, 1.82) is 0 Å². The molecule has 8 nitrogen and oxygen atoms in total. The van der Waals surface area contributed by atoms with Crippen molar-refractivity contribution in [1.82, 2.24) is 10.2 Å². The van der Waals surface area contributed by atoms with E-state index in [9.17, 15) is 33.1 Å². The third-order valence-corrected chi connectivity index (χ3v) is 5.15. The monoisotopic (exact) mass is 476 g/mol. The Morgan fingerprint density at radius 1 is 1.06 bits per heavy atom. The quantitative estimate of drug-likeness (QED) is 0.589. The number of carboxylic acids is 2. The van der Waals surface area contributed by atoms with Crippen LogP contribution in [-0.4, -0.2) is 50.9 Å². The maximum atomic E-state index is 13.3. The van der Waals surface area contributed by atoms with Crippen LogP contribution >= 0.6 is 0 Å². The summed E-state index contributed by atoms with van der Waals surface area (Å²) in [5.41, 5.74) is 1.86. The number of halogens is 2. The van der Waals surface area contributed by atoms with Crippen molar-refractivity contribution in [2.45, 2.75) is 51.7 Å². The van der Waals surface area contributed by atoms with Crippen molar-refractivity contribution in [2.75, 3.05) is 0 Å². The Hall–Kier alpha value is -3.82. The van der Waals surface area contributed by atoms with Gasteiger partial charge in [0.2, 0.25) is 11.8 Å². The van der Waals surface area contributed by atoms with Gasteiger partial charge in [0.25, 0.3) is 0 Å². The molecule has 3 rings (SSSR count). The zero-order chi connectivity index (χ0) is 25.4. The average molecular weight is 476 g/mol. The molecule has 1 heterocycles. The third kappa shape index (κ3) is 7.36. The van der Waals surface area contributed by atoms with Crippen molar-refractivity contribution >= 4 is 23.8 Å². The van der Waals surface area contributed by atoms with Crippen LogP contribution in [0.2, 0.25) is 0 Å². The van der Waals surface area contributed by atoms with E-state index >= 15 is 0 Å². The standard InChI is InChI=1S/C21H20F2N2O4.C3H6O2/c1-12(24-19(26)8-13-6-16(22)10-17(23)7-13)20(27)25-11-15-5-3-2-4-14(15)9-18(25)21(28)29;1-2-3(4)5/h2-7,10,12,18H,8-9,11H2,1H3,(H,24,26)(H,28,29);2H2,1H3,(H,4,5). The second-order valence-electron chi connectivity index (χ2n) is 7.78. The summed E-state index contributed by atoms with van der Waals surface area (Å²) in [6, 6.07) is 8.04. The molecule has 2 aromatic rings. The SMILES string of the molecule is CC(NC(=O)Cc1cc(F)cc(F)c1)C(=O)N1Cc2ccccc2CC1C(=O)O.CCC(=O)O. The molecule has 0 spiro atoms. The van der Waals surface area contributed by atoms with Crippen LogP contribution in [0.1, 0.15) is 37.0 Å². The summed E-state index contributed by atoms with van der Waals surface area (Å²) in [5, 5.41) is 19.7. The lowest BCUT2D eigenvalue weighted by Crippen LogP contribution is -2.55. The summed E-state index contributed by atoms with van der Waals surface area (Å²) in [4.78, 5) is 47.3. The van der Waals surface area contributed by atoms with Gasteiger partial charge in [-0.25, -0.2) is 13.6 Å². The summed E-state index contributed by atoms with van der Waals surface area (Å²) in [6.07, 6.45) is 0.0952. The zero-order valence-corrected chi connectivity index (χ0v) is 18.8. The van der Waals surface area contributed by atoms with E-state index in [4.69, 9.17) is 5.11 Å². The van der Waals surface area contributed by atoms with E-state index < -0.39 is 47.5 Å². The first kappa shape index (κ1) is 26.4. The third-order valence-electron chi connectivity index (χ3n) is 5.15. The maximum absolute atomic E-state index is 13.3. The Morgan fingerprint density at radius 3 is 2.15 bits per heavy atom. The number of carbonyl (C=O) groups excluding carboxylic acids is 2. The van der Waals surface area contributed by atoms with Crippen LogP contribution in [0.4, 0.5) is 8.78 Å². The van der Waals surface area contributed by atoms with Gasteiger partial charge in [-0.2, -0.15) is 0 Å². The maximum Gasteiger partial charge on any atom is 0.326 e. The summed E-state index contributed by atoms with van der Waals surface area (Å²) in [7, 11) is 0. The van der Waals surface area contributed by atoms with Gasteiger partial charge in [0.05, 0.1) is 6.42 Å². The molecule has 34 heavy (non-hydrogen) atoms. The van der Waals surface area contributed by atoms with E-state index in [-0.39, 0.29) is 31.4 Å². The van der Waals surface area contributed by atoms with Gasteiger partial charge in [0, 0.05) is 25.5 Å². The Balaban J connectivity index is 0.000000739. The summed E-state index contributed by atoms with van der Waals surface area (Å²) in [5.74, 6) is -4.60. The van der Waals surface area contributed by atoms with Crippen LogP contribution in [-0.2, 0) is 38.6 Å². The lowest BCUT2D eigenvalue weighted by Gasteiger charge is -2.36. The first-order chi connectivity index (χ1) is 16.0. The Morgan fingerprint density at radius 2 is 1.62 bits per heavy atom. The molecule has 2 aromatic carbocycles. The number of carboxylic acid groups (broad SMARTS) is 2. The number of aliphatic carboxylic acids is 2. The highest BCUT2D eigenvalue weighted by molar-refractivity contribution is 5.91. The molecule has 1 aliphatic heterocycles. The van der Waals surface area contributed by atoms with Gasteiger partial charge in [-0.3, -0.25) is 14.4 Å². The molecular formula is C24H26F2N2O6. The van der Waals surface area contributed by atoms with Crippen molar-refractivity contribution in [3.05, 3.63) is 70.8 Å². The number of hydrogen-bond acceptors (Lipinski definition) is 4. The van der Waals surface area contributed by atoms with E-state index in [1.807, 2.05) is 24.3 Å². The molecule has 0 saturated heterocycles. The average Bonchev–Trinajstić information content (AvgIpc) is 2.77. The van der Waals surface area contributed by atoms with Crippen molar-refractivity contribution < 1.29 is 38.2 Å². The molecule has 0 saturated carbocycles. The summed E-state index contributed by atoms with van der Waals surface area (Å²) >= 11 is 0. The van der Waals surface area contributed by atoms with Gasteiger partial charge in [0.1, 0.15) is 23.7 Å². The van der Waals surface area contributed by atoms with Crippen LogP contribution in [0.25, 0.3) is 0 Å². The number of nitrogens with one attached hydrogen (secondary N) is 1. The van der Waals surface area contributed by atoms with Gasteiger partial charge < -0.3 is 20.4 Å². The molecule has 0 radical (unpaired) electrons. The Labute approximate surface area is 195 Å². The van der Waals surface area contributed by atoms with Gasteiger partial charge >= 0.3 is 11.9 Å². The predicted octanol–water partition coefficient (Wildman–Crippen LogP) is 2.53. The lowest BCUT2D eigenvalue weighted by molar-refractivity contribution is -0.152. The van der Waals surface area contributed by atoms with Gasteiger partial charge in [-0.15, -0.1) is 0 Å². The number of hydrogen-bond donors (Lipinski definition) is 3. The first-order valence-electron chi connectivity index (χ1n) is 10.6. The second-order valence-corrected chi connectivity index (χ2v) is 7.78. The normalized spacial score (nSPS) is 15.3. The van der Waals surface area contributed by atoms with Gasteiger partial charge in [-0.1, -0.05) is 31.2 Å². The summed E-state index contributed by atoms with van der Waals surface area (Å²) in [6.45, 7) is 3.18. The number of benzene rings is 2. The van der Waals surface area contributed by atoms with Gasteiger partial charge in [-0.05, 0) is 35.7 Å². The molecule has 0 bridgehead atoms. The second kappa shape index (κ2) is 11.9. The smallest absolute Gasteiger partial charge is 0.326 e. The number of fused-ring (bicyclic) bond motifs is 1. The minimum atomic E-state index is -1.12. The molecule has 0 fully saturated rings. The molecule has 10 heteroatoms. The van der Waals surface area contributed by atoms with E-state index in [1.54, 1.807) is 6.92 Å². The van der Waals surface area contributed by atoms with E-state index in [1.165, 1.54) is 11.8 Å². The molecule has 0 aromatic heterocycles. The lowest BCUT2D eigenvalue weighted by atomic mass is 9.93. The highest BCUT2D eigenvalue weighted by Gasteiger charge is 2.36. The van der Waals surface area contributed by atoms with E-state index in [0.29, 0.717) is 6.07 Å². The molecule has 182 valence electrons. The summed E-state index contributed by atoms with van der Waals surface area (Å²) < 4.78 is 26.5. The van der Waals surface area contributed by atoms with Crippen molar-refractivity contribution in [2.24, 2.45) is 0 Å². The van der Waals surface area contributed by atoms with Crippen LogP contribution in [0.15, 0.2) is 42.5 Å². The fourth-order valence-electron chi connectivity index (χ4n) is 3.48. The van der Waals surface area contributed by atoms with Crippen LogP contribution < -0.4 is 5.32 Å². The highest BCUT2D eigenvalue weighted by Crippen LogP contribution is 2.24. The van der Waals surface area contributed by atoms with Crippen LogP contribution in [0, 0.1) is 11.6 Å². The zero-order valence-electron chi connectivity index (χ0n) is 18.8. The fourth-order valence-corrected chi connectivity index (χ4v) is 3.48. The fraction of sp³-hybridized carbons (Fsp3) is 0.333. The van der Waals surface area contributed by atoms with Crippen LogP contribution in [0.3, 0.4) is 0 Å². The first-order valence-corrected chi connectivity index (χ1v) is 10.6. The number of rotatable bonds is 6. The molecule has 2 atom stereocenters. The predicted molar refractivity (Wildman–Crippen MR) is 118 cm³/mol. The highest BCUT2D eigenvalue weighted by atomic mass is 19.1. The molecule has 1 aliphatic rings.